The number of carbonyl (C=O) groups is 2. The van der Waals surface area contributed by atoms with Crippen molar-refractivity contribution in [3.05, 3.63) is 52.1 Å². The number of rotatable bonds is 3. The van der Waals surface area contributed by atoms with Gasteiger partial charge in [0, 0.05) is 44.2 Å². The number of aryl methyl sites for hydroxylation is 3. The lowest BCUT2D eigenvalue weighted by Gasteiger charge is -2.26. The normalized spacial score (nSPS) is 14.5. The highest BCUT2D eigenvalue weighted by molar-refractivity contribution is 6.31. The average Bonchev–Trinajstić information content (AvgIpc) is 3.18. The van der Waals surface area contributed by atoms with Crippen molar-refractivity contribution in [3.63, 3.8) is 0 Å². The van der Waals surface area contributed by atoms with Gasteiger partial charge in [0.05, 0.1) is 11.3 Å². The number of hydrazine groups is 1. The third-order valence-electron chi connectivity index (χ3n) is 4.23. The summed E-state index contributed by atoms with van der Waals surface area (Å²) < 4.78 is 1.55. The molecule has 0 spiro atoms. The first kappa shape index (κ1) is 18.1. The Hall–Kier alpha value is -2.67. The van der Waals surface area contributed by atoms with Gasteiger partial charge in [0.1, 0.15) is 5.15 Å². The van der Waals surface area contributed by atoms with E-state index < -0.39 is 0 Å². The molecule has 0 bridgehead atoms. The van der Waals surface area contributed by atoms with Crippen LogP contribution in [0.2, 0.25) is 5.15 Å². The molecule has 0 unspecified atom stereocenters. The lowest BCUT2D eigenvalue weighted by Crippen LogP contribution is -2.44. The van der Waals surface area contributed by atoms with Crippen LogP contribution in [0.3, 0.4) is 0 Å². The summed E-state index contributed by atoms with van der Waals surface area (Å²) in [6, 6.07) is 1.77. The van der Waals surface area contributed by atoms with Crippen LogP contribution in [-0.2, 0) is 11.8 Å². The van der Waals surface area contributed by atoms with E-state index in [0.29, 0.717) is 29.4 Å². The van der Waals surface area contributed by atoms with Crippen LogP contribution in [0, 0.1) is 13.8 Å². The molecule has 2 aromatic rings. The monoisotopic (exact) mass is 373 g/mol. The second-order valence-corrected chi connectivity index (χ2v) is 6.60. The highest BCUT2D eigenvalue weighted by Gasteiger charge is 2.30. The molecule has 8 heteroatoms. The summed E-state index contributed by atoms with van der Waals surface area (Å²) in [5, 5.41) is 7.61. The summed E-state index contributed by atoms with van der Waals surface area (Å²) in [4.78, 5) is 29.4. The molecule has 2 aromatic heterocycles. The largest absolute Gasteiger partial charge is 0.274 e. The first-order valence-corrected chi connectivity index (χ1v) is 8.68. The van der Waals surface area contributed by atoms with E-state index in [9.17, 15) is 9.59 Å². The third-order valence-corrected chi connectivity index (χ3v) is 4.68. The highest BCUT2D eigenvalue weighted by atomic mass is 35.5. The van der Waals surface area contributed by atoms with E-state index in [2.05, 4.69) is 10.1 Å². The van der Waals surface area contributed by atoms with Crippen molar-refractivity contribution in [2.75, 3.05) is 13.1 Å². The maximum absolute atomic E-state index is 12.7. The Morgan fingerprint density at radius 3 is 2.58 bits per heavy atom. The quantitative estimate of drug-likeness (QED) is 0.774. The maximum Gasteiger partial charge on any atom is 0.274 e. The number of pyridine rings is 1. The fourth-order valence-corrected chi connectivity index (χ4v) is 3.19. The molecule has 1 aliphatic heterocycles. The first-order chi connectivity index (χ1) is 12.4. The number of carbonyl (C=O) groups excluding carboxylic acids is 2. The fraction of sp³-hybridized carbons (Fsp3) is 0.333. The third kappa shape index (κ3) is 3.48. The van der Waals surface area contributed by atoms with Crippen molar-refractivity contribution in [2.45, 2.75) is 20.3 Å². The molecule has 0 radical (unpaired) electrons. The Bertz CT molecular complexity index is 890. The Morgan fingerprint density at radius 2 is 1.92 bits per heavy atom. The van der Waals surface area contributed by atoms with Crippen LogP contribution in [0.25, 0.3) is 6.08 Å². The molecular formula is C18H20ClN5O2. The van der Waals surface area contributed by atoms with Gasteiger partial charge in [-0.05, 0) is 38.0 Å². The second kappa shape index (κ2) is 7.29. The van der Waals surface area contributed by atoms with Gasteiger partial charge in [-0.15, -0.1) is 0 Å². The van der Waals surface area contributed by atoms with Crippen molar-refractivity contribution in [1.29, 1.82) is 0 Å². The number of hydrogen-bond acceptors (Lipinski definition) is 4. The van der Waals surface area contributed by atoms with Crippen molar-refractivity contribution >= 4 is 29.5 Å². The molecule has 3 rings (SSSR count). The van der Waals surface area contributed by atoms with Crippen LogP contribution < -0.4 is 0 Å². The van der Waals surface area contributed by atoms with Gasteiger partial charge < -0.3 is 0 Å². The zero-order valence-corrected chi connectivity index (χ0v) is 15.7. The zero-order valence-electron chi connectivity index (χ0n) is 14.9. The predicted octanol–water partition coefficient (Wildman–Crippen LogP) is 2.39. The standard InChI is InChI=1S/C18H20ClN5O2/c1-12-9-14(11-20-10-12)18(26)24-8-4-7-23(24)16(25)6-5-15-13(2)21-22(3)17(15)19/h5-6,9-11H,4,7-8H2,1-3H3/b6-5+. The zero-order chi connectivity index (χ0) is 18.8. The number of halogens is 1. The van der Waals surface area contributed by atoms with Gasteiger partial charge in [-0.1, -0.05) is 11.6 Å². The molecule has 1 aliphatic rings. The number of hydrogen-bond donors (Lipinski definition) is 0. The Morgan fingerprint density at radius 1 is 1.19 bits per heavy atom. The summed E-state index contributed by atoms with van der Waals surface area (Å²) >= 11 is 6.18. The van der Waals surface area contributed by atoms with E-state index in [4.69, 9.17) is 11.6 Å². The van der Waals surface area contributed by atoms with Crippen LogP contribution in [0.4, 0.5) is 0 Å². The van der Waals surface area contributed by atoms with Gasteiger partial charge in [0.25, 0.3) is 11.8 Å². The number of amides is 2. The van der Waals surface area contributed by atoms with E-state index in [-0.39, 0.29) is 11.8 Å². The van der Waals surface area contributed by atoms with Crippen LogP contribution in [0.1, 0.15) is 33.6 Å². The van der Waals surface area contributed by atoms with Crippen molar-refractivity contribution in [3.8, 4) is 0 Å². The van der Waals surface area contributed by atoms with Crippen LogP contribution in [0.5, 0.6) is 0 Å². The number of nitrogens with zero attached hydrogens (tertiary/aromatic N) is 5. The molecule has 3 heterocycles. The summed E-state index contributed by atoms with van der Waals surface area (Å²) in [5.74, 6) is -0.494. The first-order valence-electron chi connectivity index (χ1n) is 8.30. The van der Waals surface area contributed by atoms with Crippen molar-refractivity contribution in [2.24, 2.45) is 7.05 Å². The average molecular weight is 374 g/mol. The lowest BCUT2D eigenvalue weighted by molar-refractivity contribution is -0.134. The predicted molar refractivity (Wildman–Crippen MR) is 98.3 cm³/mol. The van der Waals surface area contributed by atoms with E-state index in [1.807, 2.05) is 13.8 Å². The van der Waals surface area contributed by atoms with E-state index in [1.54, 1.807) is 30.1 Å². The van der Waals surface area contributed by atoms with E-state index in [0.717, 1.165) is 17.7 Å². The topological polar surface area (TPSA) is 71.3 Å². The molecular weight excluding hydrogens is 354 g/mol. The fourth-order valence-electron chi connectivity index (χ4n) is 2.95. The van der Waals surface area contributed by atoms with Gasteiger partial charge in [-0.2, -0.15) is 5.10 Å². The molecule has 1 saturated heterocycles. The molecule has 26 heavy (non-hydrogen) atoms. The smallest absolute Gasteiger partial charge is 0.268 e. The van der Waals surface area contributed by atoms with Gasteiger partial charge in [-0.25, -0.2) is 10.0 Å². The minimum absolute atomic E-state index is 0.226. The van der Waals surface area contributed by atoms with Crippen molar-refractivity contribution < 1.29 is 9.59 Å². The van der Waals surface area contributed by atoms with Crippen LogP contribution in [0.15, 0.2) is 24.5 Å². The highest BCUT2D eigenvalue weighted by Crippen LogP contribution is 2.21. The summed E-state index contributed by atoms with van der Waals surface area (Å²) in [7, 11) is 1.74. The molecule has 7 nitrogen and oxygen atoms in total. The molecule has 0 saturated carbocycles. The van der Waals surface area contributed by atoms with E-state index in [1.165, 1.54) is 22.3 Å². The van der Waals surface area contributed by atoms with Crippen molar-refractivity contribution in [1.82, 2.24) is 24.8 Å². The van der Waals surface area contributed by atoms with Gasteiger partial charge in [0.2, 0.25) is 0 Å². The molecule has 1 fully saturated rings. The maximum atomic E-state index is 12.7. The molecule has 0 N–H and O–H groups in total. The van der Waals surface area contributed by atoms with Crippen LogP contribution >= 0.6 is 11.6 Å². The van der Waals surface area contributed by atoms with Crippen LogP contribution in [-0.4, -0.2) is 49.7 Å². The minimum Gasteiger partial charge on any atom is -0.268 e. The molecule has 0 aromatic carbocycles. The molecule has 0 atom stereocenters. The minimum atomic E-state index is -0.268. The SMILES string of the molecule is Cc1cncc(C(=O)N2CCCN2C(=O)/C=C/c2c(C)nn(C)c2Cl)c1. The summed E-state index contributed by atoms with van der Waals surface area (Å²) in [6.07, 6.45) is 7.01. The Balaban J connectivity index is 1.78. The second-order valence-electron chi connectivity index (χ2n) is 6.24. The molecule has 136 valence electrons. The van der Waals surface area contributed by atoms with Gasteiger partial charge in [0.15, 0.2) is 0 Å². The molecule has 0 aliphatic carbocycles. The molecule has 2 amide bonds. The van der Waals surface area contributed by atoms with Gasteiger partial charge >= 0.3 is 0 Å². The van der Waals surface area contributed by atoms with E-state index >= 15 is 0 Å². The summed E-state index contributed by atoms with van der Waals surface area (Å²) in [5.41, 5.74) is 2.80. The number of aromatic nitrogens is 3. The Kier molecular flexibility index (Phi) is 5.08. The summed E-state index contributed by atoms with van der Waals surface area (Å²) in [6.45, 7) is 4.69. The lowest BCUT2D eigenvalue weighted by atomic mass is 10.2. The Labute approximate surface area is 156 Å². The van der Waals surface area contributed by atoms with Gasteiger partial charge in [-0.3, -0.25) is 19.3 Å².